The van der Waals surface area contributed by atoms with E-state index in [1.165, 1.54) is 0 Å². The lowest BCUT2D eigenvalue weighted by atomic mass is 9.95. The van der Waals surface area contributed by atoms with Crippen LogP contribution in [0.2, 0.25) is 0 Å². The predicted octanol–water partition coefficient (Wildman–Crippen LogP) is -4.18. The van der Waals surface area contributed by atoms with Crippen LogP contribution in [0.4, 0.5) is 0 Å². The number of unbranched alkanes of at least 4 members (excludes halogenated alkanes) is 2. The molecule has 0 radical (unpaired) electrons. The number of ether oxygens (including phenoxy) is 4. The maximum absolute atomic E-state index is 11.9. The highest BCUT2D eigenvalue weighted by atomic mass is 32.3. The number of amides is 1. The van der Waals surface area contributed by atoms with Gasteiger partial charge in [-0.2, -0.15) is 8.42 Å². The van der Waals surface area contributed by atoms with E-state index in [2.05, 4.69) is 9.50 Å². The SMILES string of the molecule is CC(=O)N[C@H]1[C@H](O[C@H]2[C@H](O)[C@@H](O)[C@H](OCCCCCN)O[C@@H]2C(=O)O)O[C@H](COS(=O)(=O)O)[C@H](O)[C@@H]1O. The number of carbonyl (C=O) groups is 2. The lowest BCUT2D eigenvalue weighted by Crippen LogP contribution is -2.68. The van der Waals surface area contributed by atoms with Crippen molar-refractivity contribution in [2.24, 2.45) is 5.73 Å². The van der Waals surface area contributed by atoms with Gasteiger partial charge in [0.25, 0.3) is 0 Å². The van der Waals surface area contributed by atoms with Crippen molar-refractivity contribution in [3.05, 3.63) is 0 Å². The molecule has 2 heterocycles. The van der Waals surface area contributed by atoms with Gasteiger partial charge in [-0.1, -0.05) is 0 Å². The summed E-state index contributed by atoms with van der Waals surface area (Å²) in [5.74, 6) is -2.34. The van der Waals surface area contributed by atoms with Crippen molar-refractivity contribution >= 4 is 22.3 Å². The summed E-state index contributed by atoms with van der Waals surface area (Å²) in [6.45, 7) is 0.598. The van der Waals surface area contributed by atoms with Crippen molar-refractivity contribution in [3.63, 3.8) is 0 Å². The van der Waals surface area contributed by atoms with E-state index in [4.69, 9.17) is 29.2 Å². The zero-order chi connectivity index (χ0) is 27.9. The first-order valence-corrected chi connectivity index (χ1v) is 12.8. The number of carbonyl (C=O) groups excluding carboxylic acids is 1. The number of hydrogen-bond donors (Lipinski definition) is 8. The normalized spacial score (nSPS) is 36.7. The highest BCUT2D eigenvalue weighted by Gasteiger charge is 2.53. The Morgan fingerprint density at radius 3 is 2.22 bits per heavy atom. The zero-order valence-electron chi connectivity index (χ0n) is 19.9. The molecule has 0 unspecified atom stereocenters. The molecular formula is C19H34N2O15S. The molecule has 0 spiro atoms. The van der Waals surface area contributed by atoms with Gasteiger partial charge >= 0.3 is 16.4 Å². The molecule has 216 valence electrons. The third kappa shape index (κ3) is 9.01. The van der Waals surface area contributed by atoms with E-state index in [0.717, 1.165) is 13.3 Å². The minimum absolute atomic E-state index is 0.0716. The second-order valence-electron chi connectivity index (χ2n) is 8.53. The first-order chi connectivity index (χ1) is 17.3. The number of hydrogen-bond acceptors (Lipinski definition) is 14. The van der Waals surface area contributed by atoms with Gasteiger partial charge in [-0.25, -0.2) is 8.98 Å². The highest BCUT2D eigenvalue weighted by molar-refractivity contribution is 7.80. The van der Waals surface area contributed by atoms with Gasteiger partial charge < -0.3 is 55.5 Å². The van der Waals surface area contributed by atoms with Crippen LogP contribution in [0.5, 0.6) is 0 Å². The Labute approximate surface area is 212 Å². The Morgan fingerprint density at radius 2 is 1.65 bits per heavy atom. The van der Waals surface area contributed by atoms with Gasteiger partial charge in [-0.05, 0) is 25.8 Å². The molecule has 0 aromatic rings. The summed E-state index contributed by atoms with van der Waals surface area (Å²) >= 11 is 0. The van der Waals surface area contributed by atoms with Gasteiger partial charge in [0.05, 0.1) is 6.61 Å². The average Bonchev–Trinajstić information content (AvgIpc) is 2.80. The topological polar surface area (TPSA) is 274 Å². The number of rotatable bonds is 13. The van der Waals surface area contributed by atoms with Crippen molar-refractivity contribution in [3.8, 4) is 0 Å². The summed E-state index contributed by atoms with van der Waals surface area (Å²) in [6, 6.07) is -1.55. The van der Waals surface area contributed by atoms with Gasteiger partial charge in [-0.3, -0.25) is 9.35 Å². The van der Waals surface area contributed by atoms with Crippen LogP contribution >= 0.6 is 0 Å². The first kappa shape index (κ1) is 31.7. The third-order valence-electron chi connectivity index (χ3n) is 5.66. The molecule has 2 fully saturated rings. The summed E-state index contributed by atoms with van der Waals surface area (Å²) in [7, 11) is -4.97. The quantitative estimate of drug-likeness (QED) is 0.0780. The van der Waals surface area contributed by atoms with Crippen molar-refractivity contribution in [2.45, 2.75) is 87.5 Å². The zero-order valence-corrected chi connectivity index (χ0v) is 20.7. The largest absolute Gasteiger partial charge is 0.479 e. The fourth-order valence-corrected chi connectivity index (χ4v) is 4.14. The number of nitrogens with two attached hydrogens (primary N) is 1. The lowest BCUT2D eigenvalue weighted by Gasteiger charge is -2.46. The van der Waals surface area contributed by atoms with E-state index in [1.54, 1.807) is 0 Å². The molecule has 0 aromatic heterocycles. The fraction of sp³-hybridized carbons (Fsp3) is 0.895. The van der Waals surface area contributed by atoms with E-state index in [0.29, 0.717) is 19.4 Å². The van der Waals surface area contributed by atoms with Crippen LogP contribution in [-0.4, -0.2) is 131 Å². The third-order valence-corrected chi connectivity index (χ3v) is 6.10. The Morgan fingerprint density at radius 1 is 0.973 bits per heavy atom. The van der Waals surface area contributed by atoms with Gasteiger partial charge in [-0.15, -0.1) is 0 Å². The molecule has 2 aliphatic rings. The summed E-state index contributed by atoms with van der Waals surface area (Å²) < 4.78 is 56.4. The minimum Gasteiger partial charge on any atom is -0.479 e. The molecule has 10 atom stereocenters. The minimum atomic E-state index is -4.97. The summed E-state index contributed by atoms with van der Waals surface area (Å²) in [5, 5.41) is 53.8. The van der Waals surface area contributed by atoms with Crippen LogP contribution in [0.3, 0.4) is 0 Å². The van der Waals surface area contributed by atoms with Crippen LogP contribution in [0.25, 0.3) is 0 Å². The van der Waals surface area contributed by atoms with Crippen molar-refractivity contribution in [2.75, 3.05) is 19.8 Å². The first-order valence-electron chi connectivity index (χ1n) is 11.4. The van der Waals surface area contributed by atoms with Crippen LogP contribution in [-0.2, 0) is 43.1 Å². The summed E-state index contributed by atoms with van der Waals surface area (Å²) in [6.07, 6.45) is -14.3. The Kier molecular flexibility index (Phi) is 12.0. The molecule has 2 saturated heterocycles. The van der Waals surface area contributed by atoms with E-state index in [-0.39, 0.29) is 6.61 Å². The summed E-state index contributed by atoms with van der Waals surface area (Å²) in [4.78, 5) is 23.5. The van der Waals surface area contributed by atoms with Gasteiger partial charge in [0.1, 0.15) is 42.7 Å². The summed E-state index contributed by atoms with van der Waals surface area (Å²) in [5.41, 5.74) is 5.41. The van der Waals surface area contributed by atoms with E-state index in [1.807, 2.05) is 0 Å². The van der Waals surface area contributed by atoms with Crippen LogP contribution < -0.4 is 11.1 Å². The number of aliphatic carboxylic acids is 1. The van der Waals surface area contributed by atoms with Gasteiger partial charge in [0.2, 0.25) is 5.91 Å². The molecular weight excluding hydrogens is 528 g/mol. The highest BCUT2D eigenvalue weighted by Crippen LogP contribution is 2.30. The number of aliphatic hydroxyl groups excluding tert-OH is 4. The molecule has 0 bridgehead atoms. The van der Waals surface area contributed by atoms with E-state index < -0.39 is 90.2 Å². The lowest BCUT2D eigenvalue weighted by molar-refractivity contribution is -0.340. The Bertz CT molecular complexity index is 860. The number of carboxylic acids is 1. The monoisotopic (exact) mass is 562 g/mol. The van der Waals surface area contributed by atoms with Crippen LogP contribution in [0.15, 0.2) is 0 Å². The molecule has 2 aliphatic heterocycles. The molecule has 18 heteroatoms. The van der Waals surface area contributed by atoms with E-state index in [9.17, 15) is 43.5 Å². The van der Waals surface area contributed by atoms with Gasteiger partial charge in [0.15, 0.2) is 18.7 Å². The molecule has 0 saturated carbocycles. The Hall–Kier alpha value is -1.55. The maximum atomic E-state index is 11.9. The molecule has 9 N–H and O–H groups in total. The molecule has 37 heavy (non-hydrogen) atoms. The maximum Gasteiger partial charge on any atom is 0.397 e. The molecule has 2 rings (SSSR count). The van der Waals surface area contributed by atoms with Crippen molar-refractivity contribution < 1.29 is 71.2 Å². The average molecular weight is 563 g/mol. The smallest absolute Gasteiger partial charge is 0.397 e. The second kappa shape index (κ2) is 14.0. The van der Waals surface area contributed by atoms with Crippen LogP contribution in [0, 0.1) is 0 Å². The number of nitrogens with one attached hydrogen (secondary N) is 1. The number of aliphatic hydroxyl groups is 4. The van der Waals surface area contributed by atoms with Crippen molar-refractivity contribution in [1.82, 2.24) is 5.32 Å². The predicted molar refractivity (Wildman–Crippen MR) is 118 cm³/mol. The second-order valence-corrected chi connectivity index (χ2v) is 9.62. The van der Waals surface area contributed by atoms with Crippen molar-refractivity contribution in [1.29, 1.82) is 0 Å². The molecule has 17 nitrogen and oxygen atoms in total. The van der Waals surface area contributed by atoms with Crippen LogP contribution in [0.1, 0.15) is 26.2 Å². The molecule has 1 amide bonds. The molecule has 0 aliphatic carbocycles. The number of carboxylic acid groups (broad SMARTS) is 1. The fourth-order valence-electron chi connectivity index (χ4n) is 3.83. The molecule has 0 aromatic carbocycles. The standard InChI is InChI=1S/C19H34N2O15S/c1-8(22)21-10-12(24)11(23)9(7-33-37(29,30)31)34-18(10)35-15-13(25)14(26)19(36-16(15)17(27)28)32-6-4-2-3-5-20/h9-16,18-19,23-26H,2-7,20H2,1H3,(H,21,22)(H,27,28)(H,29,30,31)/t9-,10-,11+,12-,13-,14-,15+,16+,18+,19-/m1/s1. The van der Waals surface area contributed by atoms with Gasteiger partial charge in [0, 0.05) is 13.5 Å². The Balaban J connectivity index is 2.21. The van der Waals surface area contributed by atoms with E-state index >= 15 is 0 Å².